The van der Waals surface area contributed by atoms with Gasteiger partial charge in [0.05, 0.1) is 29.2 Å². The highest BCUT2D eigenvalue weighted by Crippen LogP contribution is 2.19. The van der Waals surface area contributed by atoms with Crippen LogP contribution in [-0.2, 0) is 4.74 Å². The first-order valence-electron chi connectivity index (χ1n) is 7.70. The minimum Gasteiger partial charge on any atom is -0.462 e. The van der Waals surface area contributed by atoms with Crippen LogP contribution in [-0.4, -0.2) is 23.6 Å². The molecule has 0 fully saturated rings. The number of anilines is 2. The third kappa shape index (κ3) is 4.32. The average molecular weight is 327 g/mol. The predicted molar refractivity (Wildman–Crippen MR) is 93.5 cm³/mol. The van der Waals surface area contributed by atoms with E-state index in [4.69, 9.17) is 4.74 Å². The first kappa shape index (κ1) is 17.5. The smallest absolute Gasteiger partial charge is 0.340 e. The largest absolute Gasteiger partial charge is 0.462 e. The molecule has 6 nitrogen and oxygen atoms in total. The lowest BCUT2D eigenvalue weighted by Crippen LogP contribution is -2.21. The van der Waals surface area contributed by atoms with E-state index in [-0.39, 0.29) is 6.61 Å². The van der Waals surface area contributed by atoms with Gasteiger partial charge in [-0.3, -0.25) is 4.98 Å². The van der Waals surface area contributed by atoms with Crippen LogP contribution in [0.25, 0.3) is 0 Å². The molecule has 2 aromatic rings. The lowest BCUT2D eigenvalue weighted by atomic mass is 10.1. The molecule has 1 heterocycles. The van der Waals surface area contributed by atoms with Gasteiger partial charge in [-0.15, -0.1) is 0 Å². The van der Waals surface area contributed by atoms with E-state index in [0.717, 1.165) is 5.56 Å². The van der Waals surface area contributed by atoms with E-state index < -0.39 is 12.0 Å². The second-order valence-corrected chi connectivity index (χ2v) is 5.42. The molecule has 0 aliphatic carbocycles. The van der Waals surface area contributed by atoms with Crippen molar-refractivity contribution in [2.24, 2.45) is 0 Å². The van der Waals surface area contributed by atoms with Crippen LogP contribution >= 0.6 is 0 Å². The van der Waals surface area contributed by atoms with Gasteiger partial charge in [0.2, 0.25) is 0 Å². The molecule has 6 heteroatoms. The van der Waals surface area contributed by atoms with Gasteiger partial charge < -0.3 is 15.4 Å². The Bertz CT molecular complexity index is 755. The molecule has 0 bridgehead atoms. The fraction of sp³-hybridized carbons (Fsp3) is 0.278. The molecule has 0 aliphatic rings. The second kappa shape index (κ2) is 7.59. The quantitative estimate of drug-likeness (QED) is 0.836. The number of hydrogen-bond acceptors (Lipinski definition) is 4. The monoisotopic (exact) mass is 327 g/mol. The van der Waals surface area contributed by atoms with Gasteiger partial charge in [0, 0.05) is 5.69 Å². The van der Waals surface area contributed by atoms with E-state index in [9.17, 15) is 9.59 Å². The Morgan fingerprint density at radius 2 is 1.71 bits per heavy atom. The van der Waals surface area contributed by atoms with Crippen molar-refractivity contribution in [2.45, 2.75) is 27.7 Å². The number of benzene rings is 1. The highest BCUT2D eigenvalue weighted by atomic mass is 16.5. The summed E-state index contributed by atoms with van der Waals surface area (Å²) in [6, 6.07) is 8.64. The van der Waals surface area contributed by atoms with Gasteiger partial charge in [0.25, 0.3) is 0 Å². The summed E-state index contributed by atoms with van der Waals surface area (Å²) in [5.41, 5.74) is 3.79. The molecular formula is C18H21N3O3. The van der Waals surface area contributed by atoms with E-state index >= 15 is 0 Å². The molecule has 0 unspecified atom stereocenters. The molecule has 2 rings (SSSR count). The van der Waals surface area contributed by atoms with Crippen molar-refractivity contribution in [2.75, 3.05) is 17.2 Å². The number of carbonyl (C=O) groups excluding carboxylic acids is 2. The minimum absolute atomic E-state index is 0.281. The third-order valence-electron chi connectivity index (χ3n) is 3.46. The number of urea groups is 1. The first-order valence-corrected chi connectivity index (χ1v) is 7.70. The van der Waals surface area contributed by atoms with Crippen molar-refractivity contribution in [3.63, 3.8) is 0 Å². The number of pyridine rings is 1. The Kier molecular flexibility index (Phi) is 5.52. The van der Waals surface area contributed by atoms with Crippen molar-refractivity contribution in [3.8, 4) is 0 Å². The molecule has 2 N–H and O–H groups in total. The molecule has 24 heavy (non-hydrogen) atoms. The predicted octanol–water partition coefficient (Wildman–Crippen LogP) is 3.83. The van der Waals surface area contributed by atoms with Crippen LogP contribution in [0.5, 0.6) is 0 Å². The molecule has 1 aromatic heterocycles. The van der Waals surface area contributed by atoms with Gasteiger partial charge >= 0.3 is 12.0 Å². The fourth-order valence-electron chi connectivity index (χ4n) is 2.19. The summed E-state index contributed by atoms with van der Waals surface area (Å²) in [5, 5.41) is 5.46. The number of hydrogen-bond donors (Lipinski definition) is 2. The van der Waals surface area contributed by atoms with Crippen molar-refractivity contribution in [3.05, 3.63) is 52.8 Å². The Labute approximate surface area is 141 Å². The van der Waals surface area contributed by atoms with Crippen LogP contribution in [0.3, 0.4) is 0 Å². The van der Waals surface area contributed by atoms with Crippen LogP contribution in [0.15, 0.2) is 30.3 Å². The van der Waals surface area contributed by atoms with Gasteiger partial charge in [-0.25, -0.2) is 9.59 Å². The van der Waals surface area contributed by atoms with Gasteiger partial charge in [0.1, 0.15) is 0 Å². The summed E-state index contributed by atoms with van der Waals surface area (Å²) >= 11 is 0. The first-order chi connectivity index (χ1) is 11.4. The molecular weight excluding hydrogens is 306 g/mol. The molecule has 2 amide bonds. The highest BCUT2D eigenvalue weighted by Gasteiger charge is 2.15. The summed E-state index contributed by atoms with van der Waals surface area (Å²) in [4.78, 5) is 28.4. The van der Waals surface area contributed by atoms with Crippen molar-refractivity contribution < 1.29 is 14.3 Å². The maximum Gasteiger partial charge on any atom is 0.340 e. The van der Waals surface area contributed by atoms with E-state index in [1.54, 1.807) is 26.8 Å². The van der Waals surface area contributed by atoms with Crippen LogP contribution in [0.1, 0.15) is 34.2 Å². The number of aryl methyl sites for hydroxylation is 3. The number of nitrogens with one attached hydrogen (secondary N) is 2. The second-order valence-electron chi connectivity index (χ2n) is 5.42. The summed E-state index contributed by atoms with van der Waals surface area (Å²) in [7, 11) is 0. The van der Waals surface area contributed by atoms with Gasteiger partial charge in [0.15, 0.2) is 0 Å². The third-order valence-corrected chi connectivity index (χ3v) is 3.46. The molecule has 0 spiro atoms. The SMILES string of the molecule is CCOC(=O)c1cc(NC(=O)Nc2ccc(C)cc2)c(C)nc1C. The molecule has 0 atom stereocenters. The fourth-order valence-corrected chi connectivity index (χ4v) is 2.19. The van der Waals surface area contributed by atoms with E-state index in [1.165, 1.54) is 0 Å². The normalized spacial score (nSPS) is 10.2. The summed E-state index contributed by atoms with van der Waals surface area (Å²) < 4.78 is 5.01. The molecule has 0 saturated carbocycles. The van der Waals surface area contributed by atoms with E-state index in [0.29, 0.717) is 28.3 Å². The minimum atomic E-state index is -0.454. The van der Waals surface area contributed by atoms with Gasteiger partial charge in [-0.05, 0) is 45.9 Å². The zero-order chi connectivity index (χ0) is 17.7. The van der Waals surface area contributed by atoms with E-state index in [2.05, 4.69) is 15.6 Å². The zero-order valence-corrected chi connectivity index (χ0v) is 14.3. The van der Waals surface area contributed by atoms with Crippen LogP contribution in [0, 0.1) is 20.8 Å². The van der Waals surface area contributed by atoms with Gasteiger partial charge in [-0.2, -0.15) is 0 Å². The number of rotatable bonds is 4. The Balaban J connectivity index is 2.16. The summed E-state index contributed by atoms with van der Waals surface area (Å²) in [5.74, 6) is -0.454. The number of amides is 2. The number of nitrogens with zero attached hydrogens (tertiary/aromatic N) is 1. The Morgan fingerprint density at radius 1 is 1.04 bits per heavy atom. The Morgan fingerprint density at radius 3 is 2.33 bits per heavy atom. The van der Waals surface area contributed by atoms with E-state index in [1.807, 2.05) is 31.2 Å². The highest BCUT2D eigenvalue weighted by molar-refractivity contribution is 6.01. The number of carbonyl (C=O) groups is 2. The van der Waals surface area contributed by atoms with Crippen LogP contribution in [0.2, 0.25) is 0 Å². The molecule has 0 aliphatic heterocycles. The number of esters is 1. The average Bonchev–Trinajstić information content (AvgIpc) is 2.52. The van der Waals surface area contributed by atoms with Crippen molar-refractivity contribution >= 4 is 23.4 Å². The Hall–Kier alpha value is -2.89. The maximum absolute atomic E-state index is 12.1. The summed E-state index contributed by atoms with van der Waals surface area (Å²) in [6.45, 7) is 7.49. The van der Waals surface area contributed by atoms with Gasteiger partial charge in [-0.1, -0.05) is 17.7 Å². The number of ether oxygens (including phenoxy) is 1. The lowest BCUT2D eigenvalue weighted by Gasteiger charge is -2.13. The topological polar surface area (TPSA) is 80.3 Å². The maximum atomic E-state index is 12.1. The molecule has 0 radical (unpaired) electrons. The summed E-state index contributed by atoms with van der Waals surface area (Å²) in [6.07, 6.45) is 0. The molecule has 1 aromatic carbocycles. The van der Waals surface area contributed by atoms with Crippen LogP contribution in [0.4, 0.5) is 16.2 Å². The van der Waals surface area contributed by atoms with Crippen LogP contribution < -0.4 is 10.6 Å². The molecule has 126 valence electrons. The zero-order valence-electron chi connectivity index (χ0n) is 14.3. The van der Waals surface area contributed by atoms with Crippen molar-refractivity contribution in [1.29, 1.82) is 0 Å². The number of aromatic nitrogens is 1. The van der Waals surface area contributed by atoms with Crippen molar-refractivity contribution in [1.82, 2.24) is 4.98 Å². The lowest BCUT2D eigenvalue weighted by molar-refractivity contribution is 0.0525. The standard InChI is InChI=1S/C18H21N3O3/c1-5-24-17(22)15-10-16(13(4)19-12(15)3)21-18(23)20-14-8-6-11(2)7-9-14/h6-10H,5H2,1-4H3,(H2,20,21,23). The molecule has 0 saturated heterocycles.